The molecule has 3 aliphatic carbocycles. The van der Waals surface area contributed by atoms with Gasteiger partial charge in [0.05, 0.1) is 24.4 Å². The Morgan fingerprint density at radius 1 is 1.03 bits per heavy atom. The Morgan fingerprint density at radius 3 is 2.69 bits per heavy atom. The van der Waals surface area contributed by atoms with E-state index in [9.17, 15) is 0 Å². The molecule has 2 aromatic rings. The van der Waals surface area contributed by atoms with Crippen LogP contribution in [0.2, 0.25) is 0 Å². The molecule has 6 atom stereocenters. The highest BCUT2D eigenvalue weighted by Crippen LogP contribution is 2.69. The number of pyridine rings is 1. The summed E-state index contributed by atoms with van der Waals surface area (Å²) in [5.74, 6) is 1.12. The van der Waals surface area contributed by atoms with Gasteiger partial charge >= 0.3 is 0 Å². The summed E-state index contributed by atoms with van der Waals surface area (Å²) in [4.78, 5) is 7.00. The van der Waals surface area contributed by atoms with E-state index in [1.807, 2.05) is 12.4 Å². The van der Waals surface area contributed by atoms with Crippen molar-refractivity contribution in [3.05, 3.63) is 65.5 Å². The van der Waals surface area contributed by atoms with Gasteiger partial charge in [-0.2, -0.15) is 0 Å². The van der Waals surface area contributed by atoms with Gasteiger partial charge in [0.2, 0.25) is 0 Å². The molecule has 2 aliphatic heterocycles. The monoisotopic (exact) mass is 528 g/mol. The van der Waals surface area contributed by atoms with Crippen LogP contribution in [0.5, 0.6) is 0 Å². The quantitative estimate of drug-likeness (QED) is 0.395. The summed E-state index contributed by atoms with van der Waals surface area (Å²) in [5.41, 5.74) is 4.56. The Hall–Kier alpha value is -2.05. The highest BCUT2D eigenvalue weighted by atomic mass is 16.5. The molecular weight excluding hydrogens is 484 g/mol. The van der Waals surface area contributed by atoms with Crippen LogP contribution in [0.3, 0.4) is 0 Å². The summed E-state index contributed by atoms with van der Waals surface area (Å²) in [6.07, 6.45) is 18.5. The molecule has 39 heavy (non-hydrogen) atoms. The second-order valence-corrected chi connectivity index (χ2v) is 13.1. The Kier molecular flexibility index (Phi) is 6.50. The number of aromatic nitrogens is 1. The lowest BCUT2D eigenvalue weighted by Gasteiger charge is -2.55. The second kappa shape index (κ2) is 9.80. The van der Waals surface area contributed by atoms with Gasteiger partial charge in [0.1, 0.15) is 0 Å². The topological polar surface area (TPSA) is 43.8 Å². The molecule has 5 heteroatoms. The number of benzene rings is 1. The minimum absolute atomic E-state index is 0.0936. The van der Waals surface area contributed by atoms with E-state index in [-0.39, 0.29) is 16.6 Å². The third-order valence-corrected chi connectivity index (χ3v) is 11.4. The van der Waals surface area contributed by atoms with E-state index in [1.54, 1.807) is 19.8 Å². The van der Waals surface area contributed by atoms with Crippen molar-refractivity contribution in [1.82, 2.24) is 9.88 Å². The van der Waals surface area contributed by atoms with Gasteiger partial charge in [0.25, 0.3) is 0 Å². The van der Waals surface area contributed by atoms with Gasteiger partial charge in [-0.3, -0.25) is 9.88 Å². The molecular formula is C34H44N2O3. The summed E-state index contributed by atoms with van der Waals surface area (Å²) in [5, 5.41) is 2.54. The maximum Gasteiger partial charge on any atom is 0.0974 e. The first kappa shape index (κ1) is 25.9. The molecule has 0 N–H and O–H groups in total. The lowest BCUT2D eigenvalue weighted by atomic mass is 9.58. The first-order valence-corrected chi connectivity index (χ1v) is 15.2. The molecule has 2 spiro atoms. The molecule has 1 unspecified atom stereocenters. The van der Waals surface area contributed by atoms with E-state index in [1.165, 1.54) is 41.2 Å². The predicted molar refractivity (Wildman–Crippen MR) is 155 cm³/mol. The molecule has 7 rings (SSSR count). The van der Waals surface area contributed by atoms with Crippen molar-refractivity contribution < 1.29 is 14.2 Å². The summed E-state index contributed by atoms with van der Waals surface area (Å²) in [6, 6.07) is 9.73. The number of hydrogen-bond acceptors (Lipinski definition) is 5. The van der Waals surface area contributed by atoms with Crippen molar-refractivity contribution >= 4 is 10.8 Å². The van der Waals surface area contributed by atoms with E-state index < -0.39 is 0 Å². The van der Waals surface area contributed by atoms with E-state index in [2.05, 4.69) is 53.2 Å². The number of fused-ring (bicyclic) bond motifs is 2. The van der Waals surface area contributed by atoms with Gasteiger partial charge in [0, 0.05) is 51.1 Å². The largest absolute Gasteiger partial charge is 0.383 e. The van der Waals surface area contributed by atoms with E-state index in [4.69, 9.17) is 14.2 Å². The lowest BCUT2D eigenvalue weighted by Crippen LogP contribution is -2.55. The van der Waals surface area contributed by atoms with Crippen molar-refractivity contribution in [2.24, 2.45) is 11.3 Å². The highest BCUT2D eigenvalue weighted by molar-refractivity contribution is 5.82. The minimum Gasteiger partial charge on any atom is -0.383 e. The lowest BCUT2D eigenvalue weighted by molar-refractivity contribution is -0.141. The number of ether oxygens (including phenoxy) is 3. The summed E-state index contributed by atoms with van der Waals surface area (Å²) in [7, 11) is 3.61. The molecule has 1 aromatic heterocycles. The van der Waals surface area contributed by atoms with E-state index in [0.29, 0.717) is 17.9 Å². The molecule has 3 fully saturated rings. The first-order valence-electron chi connectivity index (χ1n) is 15.2. The summed E-state index contributed by atoms with van der Waals surface area (Å²) in [6.45, 7) is 6.01. The second-order valence-electron chi connectivity index (χ2n) is 13.1. The van der Waals surface area contributed by atoms with Crippen LogP contribution in [0.15, 0.2) is 60.0 Å². The van der Waals surface area contributed by atoms with Crippen molar-refractivity contribution in [1.29, 1.82) is 0 Å². The Morgan fingerprint density at radius 2 is 1.87 bits per heavy atom. The first-order chi connectivity index (χ1) is 19.0. The van der Waals surface area contributed by atoms with Crippen molar-refractivity contribution in [3.8, 4) is 0 Å². The van der Waals surface area contributed by atoms with Crippen LogP contribution in [0.4, 0.5) is 0 Å². The van der Waals surface area contributed by atoms with E-state index >= 15 is 0 Å². The number of hydrogen-bond donors (Lipinski definition) is 0. The maximum absolute atomic E-state index is 7.57. The number of allylic oxidation sites excluding steroid dienone is 1. The normalized spacial score (nSPS) is 36.9. The van der Waals surface area contributed by atoms with Gasteiger partial charge in [-0.15, -0.1) is 0 Å². The van der Waals surface area contributed by atoms with Crippen molar-refractivity contribution in [3.63, 3.8) is 0 Å². The molecule has 208 valence electrons. The average Bonchev–Trinajstić information content (AvgIpc) is 3.47. The van der Waals surface area contributed by atoms with Gasteiger partial charge < -0.3 is 14.2 Å². The van der Waals surface area contributed by atoms with Crippen molar-refractivity contribution in [2.75, 3.05) is 40.5 Å². The molecule has 3 heterocycles. The summed E-state index contributed by atoms with van der Waals surface area (Å²) >= 11 is 0. The Labute approximate surface area is 233 Å². The number of nitrogens with zero attached hydrogens (tertiary/aromatic N) is 2. The van der Waals surface area contributed by atoms with Crippen LogP contribution in [-0.2, 0) is 14.2 Å². The third kappa shape index (κ3) is 3.99. The Bertz CT molecular complexity index is 1300. The van der Waals surface area contributed by atoms with E-state index in [0.717, 1.165) is 58.4 Å². The average molecular weight is 529 g/mol. The summed E-state index contributed by atoms with van der Waals surface area (Å²) < 4.78 is 18.5. The van der Waals surface area contributed by atoms with Crippen LogP contribution in [0.1, 0.15) is 69.8 Å². The van der Waals surface area contributed by atoms with Crippen LogP contribution >= 0.6 is 0 Å². The highest BCUT2D eigenvalue weighted by Gasteiger charge is 2.66. The molecule has 5 aliphatic rings. The molecule has 5 nitrogen and oxygen atoms in total. The molecule has 0 amide bonds. The fraction of sp³-hybridized carbons (Fsp3) is 0.618. The van der Waals surface area contributed by atoms with Gasteiger partial charge in [0.15, 0.2) is 0 Å². The minimum atomic E-state index is -0.116. The van der Waals surface area contributed by atoms with Gasteiger partial charge in [-0.05, 0) is 103 Å². The molecule has 1 saturated heterocycles. The van der Waals surface area contributed by atoms with Crippen LogP contribution in [-0.4, -0.2) is 67.7 Å². The van der Waals surface area contributed by atoms with Crippen LogP contribution in [0, 0.1) is 11.3 Å². The van der Waals surface area contributed by atoms with Crippen molar-refractivity contribution in [2.45, 2.75) is 81.5 Å². The van der Waals surface area contributed by atoms with Gasteiger partial charge in [-0.25, -0.2) is 0 Å². The fourth-order valence-corrected chi connectivity index (χ4v) is 9.46. The standard InChI is InChI=1S/C34H44N2O3/c1-32-12-10-28-21-27-6-7-29(36(16-18-37-2)17-19-38-3)22-33(27)13-14-34(28,39-33)31(32)9-8-30(32)25-5-4-24-11-15-35-23-26(24)20-25/h4-5,10-11,15,20-21,23,29-31H,6-9,12-14,16-19,22H2,1-3H3/t29-,30?,31-,32-,33-,34-/m1/s1. The Balaban J connectivity index is 1.18. The SMILES string of the molecule is COCCN(CCOC)[C@@H]1CCC2=CC3=CC[C@]4(C)C(c5ccc6ccncc6c5)CC[C@H]4[C@@]34CC[C@]2(C1)O4. The van der Waals surface area contributed by atoms with Crippen LogP contribution < -0.4 is 0 Å². The van der Waals surface area contributed by atoms with Gasteiger partial charge in [-0.1, -0.05) is 31.2 Å². The predicted octanol–water partition coefficient (Wildman–Crippen LogP) is 6.44. The number of rotatable bonds is 8. The zero-order valence-corrected chi connectivity index (χ0v) is 24.0. The maximum atomic E-state index is 7.57. The molecule has 1 aromatic carbocycles. The zero-order valence-electron chi connectivity index (χ0n) is 24.0. The fourth-order valence-electron chi connectivity index (χ4n) is 9.46. The number of methoxy groups -OCH3 is 2. The van der Waals surface area contributed by atoms with Crippen LogP contribution in [0.25, 0.3) is 10.8 Å². The smallest absolute Gasteiger partial charge is 0.0974 e. The zero-order chi connectivity index (χ0) is 26.7. The molecule has 2 saturated carbocycles. The molecule has 0 radical (unpaired) electrons. The molecule has 2 bridgehead atoms. The third-order valence-electron chi connectivity index (χ3n) is 11.4.